The Labute approximate surface area is 224 Å². The lowest BCUT2D eigenvalue weighted by molar-refractivity contribution is -0.180. The molecule has 2 aromatic heterocycles. The molecular formula is C23H22N8O7S. The highest BCUT2D eigenvalue weighted by molar-refractivity contribution is 7.80. The van der Waals surface area contributed by atoms with Crippen LogP contribution in [0.5, 0.6) is 0 Å². The number of aromatic nitrogens is 4. The van der Waals surface area contributed by atoms with E-state index in [-0.39, 0.29) is 53.5 Å². The van der Waals surface area contributed by atoms with Crippen LogP contribution in [0.15, 0.2) is 35.3 Å². The van der Waals surface area contributed by atoms with Crippen LogP contribution in [0, 0.1) is 0 Å². The summed E-state index contributed by atoms with van der Waals surface area (Å²) < 4.78 is 0. The largest absolute Gasteiger partial charge is 0.480 e. The van der Waals surface area contributed by atoms with Crippen LogP contribution in [-0.2, 0) is 25.8 Å². The second-order valence-corrected chi connectivity index (χ2v) is 8.84. The van der Waals surface area contributed by atoms with E-state index in [1.54, 1.807) is 12.1 Å². The van der Waals surface area contributed by atoms with Crippen LogP contribution in [0.4, 0.5) is 11.6 Å². The van der Waals surface area contributed by atoms with Crippen LogP contribution in [0.2, 0.25) is 0 Å². The summed E-state index contributed by atoms with van der Waals surface area (Å²) >= 11 is 4.95. The van der Waals surface area contributed by atoms with Crippen LogP contribution in [0.1, 0.15) is 41.7 Å². The molecule has 1 aliphatic rings. The average Bonchev–Trinajstić information content (AvgIpc) is 3.22. The molecule has 0 spiro atoms. The molecule has 0 saturated carbocycles. The van der Waals surface area contributed by atoms with Gasteiger partial charge in [-0.05, 0) is 30.7 Å². The van der Waals surface area contributed by atoms with Gasteiger partial charge in [-0.15, -0.1) is 5.06 Å². The van der Waals surface area contributed by atoms with Crippen molar-refractivity contribution in [1.29, 1.82) is 0 Å². The third kappa shape index (κ3) is 6.67. The molecule has 6 N–H and O–H groups in total. The molecule has 202 valence electrons. The zero-order valence-electron chi connectivity index (χ0n) is 20.2. The minimum atomic E-state index is -1.37. The number of carboxylic acids is 1. The molecule has 15 nitrogen and oxygen atoms in total. The highest BCUT2D eigenvalue weighted by atomic mass is 32.1. The van der Waals surface area contributed by atoms with E-state index in [0.29, 0.717) is 17.8 Å². The predicted octanol–water partition coefficient (Wildman–Crippen LogP) is 0.279. The van der Waals surface area contributed by atoms with E-state index < -0.39 is 35.4 Å². The lowest BCUT2D eigenvalue weighted by Gasteiger charge is -2.17. The second kappa shape index (κ2) is 11.6. The molecule has 0 bridgehead atoms. The zero-order chi connectivity index (χ0) is 28.1. The Bertz CT molecular complexity index is 1510. The van der Waals surface area contributed by atoms with Crippen molar-refractivity contribution < 1.29 is 29.1 Å². The SMILES string of the molecule is Nc1nc(=O)c2nc(CNc3ccc(C(=O)N[C@@H](CCC(=O)ON4C(=O)CCC4=S)C(=O)O)cc3)cnc2[nH]1. The van der Waals surface area contributed by atoms with E-state index in [1.807, 2.05) is 0 Å². The van der Waals surface area contributed by atoms with Gasteiger partial charge in [-0.2, -0.15) is 4.98 Å². The van der Waals surface area contributed by atoms with Gasteiger partial charge in [-0.1, -0.05) is 12.2 Å². The van der Waals surface area contributed by atoms with Crippen molar-refractivity contribution in [3.8, 4) is 0 Å². The summed E-state index contributed by atoms with van der Waals surface area (Å²) in [7, 11) is 0. The number of H-pyrrole nitrogens is 1. The lowest BCUT2D eigenvalue weighted by atomic mass is 10.1. The number of rotatable bonds is 10. The Balaban J connectivity index is 1.30. The van der Waals surface area contributed by atoms with Crippen molar-refractivity contribution in [2.45, 2.75) is 38.3 Å². The molecule has 2 amide bonds. The number of hydroxylamine groups is 2. The maximum absolute atomic E-state index is 12.6. The van der Waals surface area contributed by atoms with Gasteiger partial charge in [-0.25, -0.2) is 19.6 Å². The van der Waals surface area contributed by atoms with E-state index in [2.05, 4.69) is 30.6 Å². The van der Waals surface area contributed by atoms with Gasteiger partial charge in [0, 0.05) is 24.1 Å². The first-order valence-electron chi connectivity index (χ1n) is 11.6. The monoisotopic (exact) mass is 554 g/mol. The summed E-state index contributed by atoms with van der Waals surface area (Å²) in [5, 5.41) is 15.6. The Morgan fingerprint density at radius 3 is 2.59 bits per heavy atom. The van der Waals surface area contributed by atoms with Crippen molar-refractivity contribution in [1.82, 2.24) is 30.3 Å². The molecule has 0 unspecified atom stereocenters. The van der Waals surface area contributed by atoms with Gasteiger partial charge in [0.2, 0.25) is 5.95 Å². The van der Waals surface area contributed by atoms with Crippen LogP contribution in [0.3, 0.4) is 0 Å². The topological polar surface area (TPSA) is 223 Å². The Morgan fingerprint density at radius 1 is 1.18 bits per heavy atom. The summed E-state index contributed by atoms with van der Waals surface area (Å²) in [6.07, 6.45) is 1.29. The number of thiocarbonyl (C=S) groups is 1. The lowest BCUT2D eigenvalue weighted by Crippen LogP contribution is -2.41. The number of aliphatic carboxylic acids is 1. The summed E-state index contributed by atoms with van der Waals surface area (Å²) in [6, 6.07) is 4.79. The smallest absolute Gasteiger partial charge is 0.333 e. The van der Waals surface area contributed by atoms with Gasteiger partial charge in [0.25, 0.3) is 11.8 Å². The van der Waals surface area contributed by atoms with Crippen molar-refractivity contribution in [2.24, 2.45) is 0 Å². The number of nitrogens with one attached hydrogen (secondary N) is 3. The number of anilines is 2. The molecular weight excluding hydrogens is 532 g/mol. The van der Waals surface area contributed by atoms with Gasteiger partial charge in [-0.3, -0.25) is 14.4 Å². The van der Waals surface area contributed by atoms with E-state index >= 15 is 0 Å². The van der Waals surface area contributed by atoms with E-state index in [4.69, 9.17) is 22.8 Å². The van der Waals surface area contributed by atoms with Gasteiger partial charge >= 0.3 is 17.5 Å². The van der Waals surface area contributed by atoms with Crippen molar-refractivity contribution in [2.75, 3.05) is 11.1 Å². The number of nitrogens with two attached hydrogens (primary N) is 1. The quantitative estimate of drug-likeness (QED) is 0.213. The van der Waals surface area contributed by atoms with Gasteiger partial charge in [0.1, 0.15) is 11.0 Å². The number of aromatic amines is 1. The summed E-state index contributed by atoms with van der Waals surface area (Å²) in [6.45, 7) is 0.212. The minimum absolute atomic E-state index is 0.0461. The number of carbonyl (C=O) groups is 4. The Morgan fingerprint density at radius 2 is 1.92 bits per heavy atom. The van der Waals surface area contributed by atoms with E-state index in [9.17, 15) is 29.1 Å². The Kier molecular flexibility index (Phi) is 8.04. The van der Waals surface area contributed by atoms with Crippen molar-refractivity contribution >= 4 is 63.8 Å². The molecule has 3 aromatic rings. The number of nitrogens with zero attached hydrogens (tertiary/aromatic N) is 4. The first kappa shape index (κ1) is 27.1. The molecule has 16 heteroatoms. The summed E-state index contributed by atoms with van der Waals surface area (Å²) in [5.74, 6) is -3.35. The molecule has 1 aromatic carbocycles. The average molecular weight is 555 g/mol. The molecule has 1 aliphatic heterocycles. The van der Waals surface area contributed by atoms with Gasteiger partial charge < -0.3 is 31.3 Å². The number of hydrogen-bond donors (Lipinski definition) is 5. The van der Waals surface area contributed by atoms with Crippen LogP contribution in [-0.4, -0.2) is 64.9 Å². The predicted molar refractivity (Wildman–Crippen MR) is 139 cm³/mol. The normalized spacial score (nSPS) is 13.8. The summed E-state index contributed by atoms with van der Waals surface area (Å²) in [4.78, 5) is 79.6. The third-order valence-corrected chi connectivity index (χ3v) is 5.92. The second-order valence-electron chi connectivity index (χ2n) is 8.36. The molecule has 3 heterocycles. The molecule has 39 heavy (non-hydrogen) atoms. The minimum Gasteiger partial charge on any atom is -0.480 e. The molecule has 0 radical (unpaired) electrons. The number of amides is 2. The molecule has 0 aliphatic carbocycles. The maximum Gasteiger partial charge on any atom is 0.333 e. The number of carboxylic acid groups (broad SMARTS) is 1. The number of carbonyl (C=O) groups excluding carboxylic acids is 3. The number of fused-ring (bicyclic) bond motifs is 1. The zero-order valence-corrected chi connectivity index (χ0v) is 21.0. The van der Waals surface area contributed by atoms with Crippen LogP contribution in [0.25, 0.3) is 11.2 Å². The first-order valence-corrected chi connectivity index (χ1v) is 12.0. The molecule has 1 saturated heterocycles. The molecule has 4 rings (SSSR count). The van der Waals surface area contributed by atoms with E-state index in [1.165, 1.54) is 18.3 Å². The van der Waals surface area contributed by atoms with Gasteiger partial charge in [0.05, 0.1) is 24.9 Å². The number of nitrogen functional groups attached to an aromatic ring is 1. The van der Waals surface area contributed by atoms with Crippen LogP contribution >= 0.6 is 12.2 Å². The Hall–Kier alpha value is -4.99. The fourth-order valence-electron chi connectivity index (χ4n) is 3.56. The maximum atomic E-state index is 12.6. The van der Waals surface area contributed by atoms with Crippen molar-refractivity contribution in [3.63, 3.8) is 0 Å². The molecule has 1 fully saturated rings. The van der Waals surface area contributed by atoms with Gasteiger partial charge in [0.15, 0.2) is 11.2 Å². The number of hydrogen-bond acceptors (Lipinski definition) is 12. The van der Waals surface area contributed by atoms with E-state index in [0.717, 1.165) is 5.06 Å². The van der Waals surface area contributed by atoms with Crippen molar-refractivity contribution in [3.05, 3.63) is 52.1 Å². The number of benzene rings is 1. The fourth-order valence-corrected chi connectivity index (χ4v) is 3.80. The first-order chi connectivity index (χ1) is 18.6. The standard InChI is InChI=1S/C23H22N8O7S/c24-23-29-19-18(21(35)30-23)27-13(10-26-19)9-25-12-3-1-11(2-4-12)20(34)28-14(22(36)37)5-8-17(33)38-31-15(32)6-7-16(31)39/h1-4,10,14,25H,5-9H2,(H,28,34)(H,36,37)(H3,24,26,29,30,35)/t14-/m0/s1. The third-order valence-electron chi connectivity index (χ3n) is 5.55. The molecule has 1 atom stereocenters. The highest BCUT2D eigenvalue weighted by Gasteiger charge is 2.30. The highest BCUT2D eigenvalue weighted by Crippen LogP contribution is 2.16. The fraction of sp³-hybridized carbons (Fsp3) is 0.261. The summed E-state index contributed by atoms with van der Waals surface area (Å²) in [5.41, 5.74) is 6.41. The van der Waals surface area contributed by atoms with Crippen LogP contribution < -0.4 is 21.9 Å².